The summed E-state index contributed by atoms with van der Waals surface area (Å²) in [6.07, 6.45) is 1.61. The smallest absolute Gasteiger partial charge is 0.192 e. The average molecular weight is 498 g/mol. The number of thioether (sulfide) groups is 1. The number of carbonyl (C=O) groups excluding carboxylic acids is 1. The number of hydrogen-bond donors (Lipinski definition) is 0. The number of fused-ring (bicyclic) bond motifs is 1. The van der Waals surface area contributed by atoms with Gasteiger partial charge in [-0.1, -0.05) is 23.4 Å². The van der Waals surface area contributed by atoms with Crippen molar-refractivity contribution in [1.29, 1.82) is 0 Å². The maximum Gasteiger partial charge on any atom is 0.192 e. The number of nitrogens with zero attached hydrogens (tertiary/aromatic N) is 3. The molecule has 0 saturated carbocycles. The van der Waals surface area contributed by atoms with Gasteiger partial charge in [-0.2, -0.15) is 0 Å². The molecule has 0 unspecified atom stereocenters. The van der Waals surface area contributed by atoms with E-state index in [0.717, 1.165) is 5.76 Å². The standard InChI is InChI=1S/C24H20ClN3O5S/c25-17-4-6-18(7-5-17)33-14-23-26-27-24(28(23)13-19-2-1-9-30-19)34-15-20(29)16-3-8-21-22(12-16)32-11-10-31-21/h1-9,12H,10-11,13-15H2. The summed E-state index contributed by atoms with van der Waals surface area (Å²) < 4.78 is 24.4. The highest BCUT2D eigenvalue weighted by molar-refractivity contribution is 7.99. The molecule has 8 nitrogen and oxygen atoms in total. The largest absolute Gasteiger partial charge is 0.486 e. The van der Waals surface area contributed by atoms with E-state index in [1.54, 1.807) is 48.7 Å². The van der Waals surface area contributed by atoms with Crippen LogP contribution in [0.3, 0.4) is 0 Å². The van der Waals surface area contributed by atoms with Gasteiger partial charge in [0.15, 0.2) is 28.3 Å². The summed E-state index contributed by atoms with van der Waals surface area (Å²) in [4.78, 5) is 12.8. The molecular weight excluding hydrogens is 478 g/mol. The van der Waals surface area contributed by atoms with E-state index < -0.39 is 0 Å². The summed E-state index contributed by atoms with van der Waals surface area (Å²) in [5.74, 6) is 3.40. The lowest BCUT2D eigenvalue weighted by Crippen LogP contribution is -2.16. The second kappa shape index (κ2) is 10.2. The van der Waals surface area contributed by atoms with Crippen molar-refractivity contribution in [3.63, 3.8) is 0 Å². The van der Waals surface area contributed by atoms with Crippen LogP contribution in [0.15, 0.2) is 70.4 Å². The molecule has 0 spiro atoms. The number of Topliss-reactive ketones (excluding diaryl/α,β-unsaturated/α-hetero) is 1. The molecule has 0 bridgehead atoms. The summed E-state index contributed by atoms with van der Waals surface area (Å²) in [6, 6.07) is 16.0. The zero-order valence-corrected chi connectivity index (χ0v) is 19.6. The molecule has 4 aromatic rings. The predicted molar refractivity (Wildman–Crippen MR) is 126 cm³/mol. The highest BCUT2D eigenvalue weighted by atomic mass is 35.5. The second-order valence-corrected chi connectivity index (χ2v) is 8.76. The quantitative estimate of drug-likeness (QED) is 0.238. The molecule has 0 radical (unpaired) electrons. The SMILES string of the molecule is O=C(CSc1nnc(COc2ccc(Cl)cc2)n1Cc1ccco1)c1ccc2c(c1)OCCO2. The summed E-state index contributed by atoms with van der Waals surface area (Å²) in [7, 11) is 0. The fraction of sp³-hybridized carbons (Fsp3) is 0.208. The van der Waals surface area contributed by atoms with Crippen molar-refractivity contribution >= 4 is 29.1 Å². The topological polar surface area (TPSA) is 88.6 Å². The first-order valence-corrected chi connectivity index (χ1v) is 11.9. The van der Waals surface area contributed by atoms with Gasteiger partial charge in [0.1, 0.15) is 31.3 Å². The van der Waals surface area contributed by atoms with Gasteiger partial charge < -0.3 is 18.6 Å². The van der Waals surface area contributed by atoms with Crippen molar-refractivity contribution in [1.82, 2.24) is 14.8 Å². The van der Waals surface area contributed by atoms with Crippen molar-refractivity contribution in [3.05, 3.63) is 83.0 Å². The number of hydrogen-bond acceptors (Lipinski definition) is 8. The first-order valence-electron chi connectivity index (χ1n) is 10.5. The van der Waals surface area contributed by atoms with Crippen LogP contribution >= 0.6 is 23.4 Å². The fourth-order valence-corrected chi connectivity index (χ4v) is 4.34. The fourth-order valence-electron chi connectivity index (χ4n) is 3.36. The second-order valence-electron chi connectivity index (χ2n) is 7.38. The van der Waals surface area contributed by atoms with E-state index in [0.29, 0.717) is 58.6 Å². The molecule has 3 heterocycles. The zero-order valence-electron chi connectivity index (χ0n) is 18.0. The molecule has 174 valence electrons. The number of carbonyl (C=O) groups is 1. The minimum Gasteiger partial charge on any atom is -0.486 e. The minimum atomic E-state index is -0.0477. The maximum absolute atomic E-state index is 12.8. The maximum atomic E-state index is 12.8. The Labute approximate surface area is 204 Å². The van der Waals surface area contributed by atoms with Crippen LogP contribution in [0.2, 0.25) is 5.02 Å². The van der Waals surface area contributed by atoms with Crippen LogP contribution in [0, 0.1) is 0 Å². The Balaban J connectivity index is 1.30. The number of aromatic nitrogens is 3. The van der Waals surface area contributed by atoms with E-state index in [9.17, 15) is 4.79 Å². The van der Waals surface area contributed by atoms with E-state index in [-0.39, 0.29) is 18.1 Å². The molecule has 2 aromatic heterocycles. The van der Waals surface area contributed by atoms with Crippen LogP contribution < -0.4 is 14.2 Å². The molecular formula is C24H20ClN3O5S. The van der Waals surface area contributed by atoms with Crippen LogP contribution in [0.5, 0.6) is 17.2 Å². The van der Waals surface area contributed by atoms with E-state index in [1.165, 1.54) is 11.8 Å². The Morgan fingerprint density at radius 2 is 1.88 bits per heavy atom. The predicted octanol–water partition coefficient (Wildman–Crippen LogP) is 4.90. The number of ether oxygens (including phenoxy) is 3. The van der Waals surface area contributed by atoms with Gasteiger partial charge in [0, 0.05) is 10.6 Å². The molecule has 0 atom stereocenters. The normalized spacial score (nSPS) is 12.5. The molecule has 5 rings (SSSR count). The lowest BCUT2D eigenvalue weighted by molar-refractivity contribution is 0.102. The van der Waals surface area contributed by atoms with Gasteiger partial charge in [-0.05, 0) is 54.6 Å². The molecule has 1 aliphatic heterocycles. The number of rotatable bonds is 9. The van der Waals surface area contributed by atoms with Crippen molar-refractivity contribution in [2.24, 2.45) is 0 Å². The van der Waals surface area contributed by atoms with Gasteiger partial charge in [0.25, 0.3) is 0 Å². The van der Waals surface area contributed by atoms with E-state index in [4.69, 9.17) is 30.2 Å². The molecule has 0 aliphatic carbocycles. The van der Waals surface area contributed by atoms with Crippen molar-refractivity contribution < 1.29 is 23.4 Å². The summed E-state index contributed by atoms with van der Waals surface area (Å²) >= 11 is 7.25. The van der Waals surface area contributed by atoms with Gasteiger partial charge in [0.05, 0.1) is 18.6 Å². The van der Waals surface area contributed by atoms with E-state index >= 15 is 0 Å². The summed E-state index contributed by atoms with van der Waals surface area (Å²) in [5.41, 5.74) is 0.556. The van der Waals surface area contributed by atoms with Crippen LogP contribution in [-0.4, -0.2) is 39.5 Å². The van der Waals surface area contributed by atoms with Crippen molar-refractivity contribution in [3.8, 4) is 17.2 Å². The third kappa shape index (κ3) is 5.21. The Bertz CT molecular complexity index is 1270. The Kier molecular flexibility index (Phi) is 6.73. The van der Waals surface area contributed by atoms with E-state index in [1.807, 2.05) is 16.7 Å². The number of halogens is 1. The molecule has 0 amide bonds. The Morgan fingerprint density at radius 3 is 2.68 bits per heavy atom. The van der Waals surface area contributed by atoms with Gasteiger partial charge in [-0.3, -0.25) is 9.36 Å². The van der Waals surface area contributed by atoms with Crippen molar-refractivity contribution in [2.45, 2.75) is 18.3 Å². The molecule has 0 N–H and O–H groups in total. The van der Waals surface area contributed by atoms with Crippen LogP contribution in [0.25, 0.3) is 0 Å². The van der Waals surface area contributed by atoms with Crippen LogP contribution in [-0.2, 0) is 13.2 Å². The molecule has 0 saturated heterocycles. The molecule has 2 aromatic carbocycles. The van der Waals surface area contributed by atoms with Gasteiger partial charge >= 0.3 is 0 Å². The highest BCUT2D eigenvalue weighted by Crippen LogP contribution is 2.31. The number of furan rings is 1. The Morgan fingerprint density at radius 1 is 1.06 bits per heavy atom. The first kappa shape index (κ1) is 22.4. The average Bonchev–Trinajstić information content (AvgIpc) is 3.52. The molecule has 1 aliphatic rings. The molecule has 34 heavy (non-hydrogen) atoms. The third-order valence-corrected chi connectivity index (χ3v) is 6.28. The van der Waals surface area contributed by atoms with Gasteiger partial charge in [0.2, 0.25) is 0 Å². The van der Waals surface area contributed by atoms with Crippen LogP contribution in [0.4, 0.5) is 0 Å². The lowest BCUT2D eigenvalue weighted by atomic mass is 10.1. The first-order chi connectivity index (χ1) is 16.7. The summed E-state index contributed by atoms with van der Waals surface area (Å²) in [6.45, 7) is 1.59. The monoisotopic (exact) mass is 497 g/mol. The van der Waals surface area contributed by atoms with Gasteiger partial charge in [-0.15, -0.1) is 10.2 Å². The number of benzene rings is 2. The van der Waals surface area contributed by atoms with E-state index in [2.05, 4.69) is 10.2 Å². The lowest BCUT2D eigenvalue weighted by Gasteiger charge is -2.18. The van der Waals surface area contributed by atoms with Crippen molar-refractivity contribution in [2.75, 3.05) is 19.0 Å². The third-order valence-electron chi connectivity index (χ3n) is 5.07. The van der Waals surface area contributed by atoms with Gasteiger partial charge in [-0.25, -0.2) is 0 Å². The number of ketones is 1. The van der Waals surface area contributed by atoms with Crippen LogP contribution in [0.1, 0.15) is 21.9 Å². The Hall–Kier alpha value is -3.43. The summed E-state index contributed by atoms with van der Waals surface area (Å²) in [5, 5.41) is 9.81. The minimum absolute atomic E-state index is 0.0477. The highest BCUT2D eigenvalue weighted by Gasteiger charge is 2.19. The molecule has 0 fully saturated rings. The molecule has 10 heteroatoms. The zero-order chi connectivity index (χ0) is 23.3.